The van der Waals surface area contributed by atoms with Gasteiger partial charge in [-0.2, -0.15) is 11.8 Å². The number of benzene rings is 4. The molecule has 4 aromatic rings. The van der Waals surface area contributed by atoms with E-state index >= 15 is 0 Å². The van der Waals surface area contributed by atoms with Crippen molar-refractivity contribution in [1.82, 2.24) is 40.9 Å². The second kappa shape index (κ2) is 35.4. The highest BCUT2D eigenvalue weighted by Crippen LogP contribution is 2.34. The first kappa shape index (κ1) is 67.9. The minimum absolute atomic E-state index is 0.0117. The summed E-state index contributed by atoms with van der Waals surface area (Å²) >= 11 is 1.50. The normalized spacial score (nSPS) is 20.5. The number of primary amides is 1. The zero-order valence-corrected chi connectivity index (χ0v) is 52.2. The Morgan fingerprint density at radius 2 is 1.05 bits per heavy atom. The number of fused-ring (bicyclic) bond motifs is 29. The Labute approximate surface area is 523 Å². The fraction of sp³-hybridized carbons (Fsp3) is 0.515. The van der Waals surface area contributed by atoms with Crippen LogP contribution in [0.25, 0.3) is 0 Å². The van der Waals surface area contributed by atoms with Gasteiger partial charge in [-0.15, -0.1) is 0 Å². The number of thioether (sulfide) groups is 1. The van der Waals surface area contributed by atoms with E-state index in [2.05, 4.69) is 21.3 Å². The minimum Gasteiger partial charge on any atom is -0.368 e. The van der Waals surface area contributed by atoms with Crippen molar-refractivity contribution in [3.8, 4) is 0 Å². The molecule has 88 heavy (non-hydrogen) atoms. The molecule has 2 aliphatic carbocycles. The average molecular weight is 1230 g/mol. The number of hydrogen-bond donors (Lipinski definition) is 6. The summed E-state index contributed by atoms with van der Waals surface area (Å²) in [5.41, 5.74) is 15.8. The SMILES string of the molecule is CC(C)CC1CN(C(=O)CC2CC2)CC(=O)NC(CCCCN)CN(C(=O)CCc2ccccc2)CC(=O)NC(Cc2ccccc2)CN(CC(N)=O)C(=O)CCSCc2ccc(cc2)C(=O)N[C@@H](Cc2ccccc2)CN(C(=O)CC2CC2)CC(=O)N1. The number of nitrogens with zero attached hydrogens (tertiary/aromatic N) is 4. The average Bonchev–Trinajstić information content (AvgIpc) is 4.41. The maximum absolute atomic E-state index is 14.6. The predicted molar refractivity (Wildman–Crippen MR) is 342 cm³/mol. The van der Waals surface area contributed by atoms with Crippen LogP contribution in [0.15, 0.2) is 115 Å². The lowest BCUT2D eigenvalue weighted by Crippen LogP contribution is -2.55. The molecule has 4 atom stereocenters. The van der Waals surface area contributed by atoms with Crippen LogP contribution in [0.3, 0.4) is 0 Å². The topological polar surface area (TPSA) is 267 Å². The maximum Gasteiger partial charge on any atom is 0.251 e. The van der Waals surface area contributed by atoms with Gasteiger partial charge in [0, 0.05) is 81.0 Å². The van der Waals surface area contributed by atoms with Crippen LogP contribution < -0.4 is 32.7 Å². The zero-order chi connectivity index (χ0) is 62.8. The second-order valence-corrected chi connectivity index (χ2v) is 25.7. The van der Waals surface area contributed by atoms with E-state index in [1.165, 1.54) is 31.4 Å². The minimum atomic E-state index is -0.723. The van der Waals surface area contributed by atoms with Crippen LogP contribution in [0.1, 0.15) is 124 Å². The summed E-state index contributed by atoms with van der Waals surface area (Å²) in [4.78, 5) is 134. The van der Waals surface area contributed by atoms with Crippen LogP contribution in [0.5, 0.6) is 0 Å². The molecule has 9 amide bonds. The highest BCUT2D eigenvalue weighted by molar-refractivity contribution is 7.98. The summed E-state index contributed by atoms with van der Waals surface area (Å²) in [6.45, 7) is 2.93. The number of rotatable bonds is 19. The quantitative estimate of drug-likeness (QED) is 0.0499. The van der Waals surface area contributed by atoms with Crippen molar-refractivity contribution in [2.45, 2.75) is 140 Å². The lowest BCUT2D eigenvalue weighted by molar-refractivity contribution is -0.139. The molecule has 4 aromatic carbocycles. The summed E-state index contributed by atoms with van der Waals surface area (Å²) in [7, 11) is 0. The van der Waals surface area contributed by atoms with Crippen LogP contribution in [0.4, 0.5) is 0 Å². The fourth-order valence-electron chi connectivity index (χ4n) is 11.2. The van der Waals surface area contributed by atoms with Crippen LogP contribution in [0, 0.1) is 17.8 Å². The molecule has 2 aliphatic heterocycles. The fourth-order valence-corrected chi connectivity index (χ4v) is 12.1. The molecular weight excluding hydrogens is 1130 g/mol. The first-order chi connectivity index (χ1) is 42.4. The summed E-state index contributed by atoms with van der Waals surface area (Å²) in [6.07, 6.45) is 7.33. The molecule has 2 fully saturated rings. The Bertz CT molecular complexity index is 2910. The zero-order valence-electron chi connectivity index (χ0n) is 51.4. The lowest BCUT2D eigenvalue weighted by atomic mass is 10.0. The van der Waals surface area contributed by atoms with Crippen LogP contribution in [-0.2, 0) is 63.4 Å². The molecule has 2 saturated carbocycles. The van der Waals surface area contributed by atoms with Gasteiger partial charge in [-0.3, -0.25) is 43.2 Å². The monoisotopic (exact) mass is 1220 g/mol. The van der Waals surface area contributed by atoms with E-state index in [1.807, 2.05) is 117 Å². The Morgan fingerprint density at radius 1 is 0.568 bits per heavy atom. The number of hydrogen-bond acceptors (Lipinski definition) is 11. The van der Waals surface area contributed by atoms with Gasteiger partial charge >= 0.3 is 0 Å². The number of carbonyl (C=O) groups is 9. The van der Waals surface area contributed by atoms with Gasteiger partial charge in [-0.25, -0.2) is 0 Å². The van der Waals surface area contributed by atoms with Gasteiger partial charge < -0.3 is 52.3 Å². The van der Waals surface area contributed by atoms with E-state index in [4.69, 9.17) is 11.5 Å². The Morgan fingerprint density at radius 3 is 1.56 bits per heavy atom. The standard InChI is InChI=1S/C68H92N10O9S/c1-48(2)34-57-40-77(66(85)37-52-21-22-52)45-61(80)71-56(20-12-13-32-69)39-76(64(83)30-27-49-14-6-3-7-15-49)44-62(81)73-58(35-50-16-8-4-9-17-50)41-75(43-60(70)79)65(84)31-33-88-47-54-25-28-55(29-26-54)68(87)74-59(36-51-18-10-5-11-19-51)42-78(46-63(82)72-57)67(86)38-53-23-24-53/h3-11,14-19,25-26,28-29,48,52-53,56-59H,12-13,20-24,27,30-47,69H2,1-2H3,(H2,70,79)(H,71,80)(H,72,82)(H,73,81)(H,74,87)/t56?,57?,58?,59-/m0/s1. The van der Waals surface area contributed by atoms with E-state index in [0.29, 0.717) is 62.1 Å². The third-order valence-electron chi connectivity index (χ3n) is 16.1. The summed E-state index contributed by atoms with van der Waals surface area (Å²) in [6, 6.07) is 33.1. The molecule has 8 rings (SSSR count). The molecule has 0 spiro atoms. The van der Waals surface area contributed by atoms with Gasteiger partial charge in [-0.05, 0) is 123 Å². The highest BCUT2D eigenvalue weighted by atomic mass is 32.2. The van der Waals surface area contributed by atoms with Crippen molar-refractivity contribution in [3.63, 3.8) is 0 Å². The van der Waals surface area contributed by atoms with Crippen LogP contribution >= 0.6 is 11.8 Å². The molecular formula is C68H92N10O9S. The maximum atomic E-state index is 14.6. The van der Waals surface area contributed by atoms with Crippen molar-refractivity contribution in [2.24, 2.45) is 29.2 Å². The second-order valence-electron chi connectivity index (χ2n) is 24.6. The molecule has 0 aromatic heterocycles. The molecule has 20 heteroatoms. The van der Waals surface area contributed by atoms with Gasteiger partial charge in [-0.1, -0.05) is 123 Å². The van der Waals surface area contributed by atoms with Gasteiger partial charge in [0.25, 0.3) is 5.91 Å². The third-order valence-corrected chi connectivity index (χ3v) is 17.1. The predicted octanol–water partition coefficient (Wildman–Crippen LogP) is 5.57. The number of aryl methyl sites for hydroxylation is 1. The van der Waals surface area contributed by atoms with Gasteiger partial charge in [0.05, 0.1) is 38.3 Å². The number of amides is 9. The Kier molecular flexibility index (Phi) is 27.3. The smallest absolute Gasteiger partial charge is 0.251 e. The first-order valence-electron chi connectivity index (χ1n) is 31.5. The van der Waals surface area contributed by atoms with Gasteiger partial charge in [0.2, 0.25) is 47.3 Å². The third kappa shape index (κ3) is 24.9. The highest BCUT2D eigenvalue weighted by Gasteiger charge is 2.34. The van der Waals surface area contributed by atoms with E-state index < -0.39 is 54.3 Å². The van der Waals surface area contributed by atoms with E-state index in [-0.39, 0.29) is 125 Å². The van der Waals surface area contributed by atoms with Crippen LogP contribution in [-0.4, -0.2) is 162 Å². The van der Waals surface area contributed by atoms with E-state index in [9.17, 15) is 43.2 Å². The molecule has 2 heterocycles. The van der Waals surface area contributed by atoms with Crippen molar-refractivity contribution in [3.05, 3.63) is 143 Å². The molecule has 8 N–H and O–H groups in total. The Balaban J connectivity index is 1.21. The first-order valence-corrected chi connectivity index (χ1v) is 32.7. The van der Waals surface area contributed by atoms with Gasteiger partial charge in [0.15, 0.2) is 0 Å². The largest absolute Gasteiger partial charge is 0.368 e. The van der Waals surface area contributed by atoms with Crippen molar-refractivity contribution < 1.29 is 43.2 Å². The van der Waals surface area contributed by atoms with Crippen LogP contribution in [0.2, 0.25) is 0 Å². The molecule has 0 radical (unpaired) electrons. The molecule has 4 aliphatic rings. The molecule has 19 nitrogen and oxygen atoms in total. The van der Waals surface area contributed by atoms with E-state index in [0.717, 1.165) is 47.9 Å². The molecule has 0 saturated heterocycles. The van der Waals surface area contributed by atoms with Crippen molar-refractivity contribution >= 4 is 64.9 Å². The molecule has 2 bridgehead atoms. The molecule has 474 valence electrons. The lowest BCUT2D eigenvalue weighted by Gasteiger charge is -2.32. The van der Waals surface area contributed by atoms with E-state index in [1.54, 1.807) is 12.1 Å². The van der Waals surface area contributed by atoms with Crippen molar-refractivity contribution in [1.29, 1.82) is 0 Å². The summed E-state index contributed by atoms with van der Waals surface area (Å²) in [5, 5.41) is 12.6. The Hall–Kier alpha value is -7.58. The summed E-state index contributed by atoms with van der Waals surface area (Å²) < 4.78 is 0. The van der Waals surface area contributed by atoms with Crippen molar-refractivity contribution in [2.75, 3.05) is 64.7 Å². The number of carbonyl (C=O) groups excluding carboxylic acids is 9. The molecule has 3 unspecified atom stereocenters. The number of nitrogens with one attached hydrogen (secondary N) is 4. The summed E-state index contributed by atoms with van der Waals surface area (Å²) in [5.74, 6) is -2.26. The van der Waals surface area contributed by atoms with Gasteiger partial charge in [0.1, 0.15) is 0 Å². The number of nitrogens with two attached hydrogens (primary N) is 2. The number of unbranched alkanes of at least 4 members (excludes halogenated alkanes) is 1.